The van der Waals surface area contributed by atoms with Crippen LogP contribution in [0.1, 0.15) is 58.9 Å². The van der Waals surface area contributed by atoms with Crippen LogP contribution in [0.25, 0.3) is 0 Å². The van der Waals surface area contributed by atoms with Crippen molar-refractivity contribution in [3.63, 3.8) is 0 Å². The Balaban J connectivity index is 1.89. The van der Waals surface area contributed by atoms with Crippen LogP contribution in [0.4, 0.5) is 4.79 Å². The summed E-state index contributed by atoms with van der Waals surface area (Å²) >= 11 is 1.62. The van der Waals surface area contributed by atoms with E-state index in [4.69, 9.17) is 4.74 Å². The molecule has 0 fully saturated rings. The molecule has 1 aromatic carbocycles. The number of carbonyl (C=O) groups is 3. The number of thioether (sulfide) groups is 1. The summed E-state index contributed by atoms with van der Waals surface area (Å²) in [6.07, 6.45) is 11.0. The molecule has 1 aliphatic rings. The number of amides is 2. The zero-order valence-electron chi connectivity index (χ0n) is 22.1. The molecule has 0 radical (unpaired) electrons. The smallest absolute Gasteiger partial charge is 0.408 e. The van der Waals surface area contributed by atoms with Crippen molar-refractivity contribution >= 4 is 29.5 Å². The fourth-order valence-corrected chi connectivity index (χ4v) is 4.99. The lowest BCUT2D eigenvalue weighted by atomic mass is 9.98. The molecule has 2 rings (SSSR count). The maximum atomic E-state index is 13.2. The zero-order chi connectivity index (χ0) is 26.3. The number of ketones is 1. The van der Waals surface area contributed by atoms with Crippen LogP contribution >= 0.6 is 11.8 Å². The summed E-state index contributed by atoms with van der Waals surface area (Å²) in [7, 11) is 0. The van der Waals surface area contributed by atoms with Gasteiger partial charge in [0.25, 0.3) is 0 Å². The highest BCUT2D eigenvalue weighted by molar-refractivity contribution is 7.99. The number of alkyl carbamates (subject to hydrolysis) is 1. The number of rotatable bonds is 15. The van der Waals surface area contributed by atoms with E-state index in [1.54, 1.807) is 11.8 Å². The molecule has 1 aliphatic carbocycles. The lowest BCUT2D eigenvalue weighted by Gasteiger charge is -2.25. The largest absolute Gasteiger partial charge is 0.445 e. The molecule has 0 heterocycles. The van der Waals surface area contributed by atoms with Gasteiger partial charge >= 0.3 is 6.09 Å². The van der Waals surface area contributed by atoms with Gasteiger partial charge in [-0.05, 0) is 54.8 Å². The Kier molecular flexibility index (Phi) is 13.4. The molecule has 2 unspecified atom stereocenters. The van der Waals surface area contributed by atoms with Crippen LogP contribution in [0.15, 0.2) is 54.6 Å². The van der Waals surface area contributed by atoms with Gasteiger partial charge in [-0.2, -0.15) is 11.8 Å². The topological polar surface area (TPSA) is 84.5 Å². The van der Waals surface area contributed by atoms with Gasteiger partial charge in [0.2, 0.25) is 5.91 Å². The molecule has 0 spiro atoms. The number of benzene rings is 1. The standard InChI is InChI=1S/C29H42N2O4S/c1-21(2)17-25(27(32)20-36-16-15-23-11-7-5-8-12-23)30-28(33)26(18-22(3)4)31-29(34)35-19-24-13-9-6-10-14-24/h5-11,13-14,21-23,25-26H,12,15-20H2,1-4H3,(H,30,33)(H,31,34)/t23?,25?,26-/m0/s1. The van der Waals surface area contributed by atoms with Gasteiger partial charge in [0, 0.05) is 0 Å². The van der Waals surface area contributed by atoms with Gasteiger partial charge in [-0.3, -0.25) is 9.59 Å². The summed E-state index contributed by atoms with van der Waals surface area (Å²) in [5, 5.41) is 5.63. The maximum Gasteiger partial charge on any atom is 0.408 e. The van der Waals surface area contributed by atoms with Gasteiger partial charge in [0.1, 0.15) is 12.6 Å². The second-order valence-corrected chi connectivity index (χ2v) is 11.3. The Morgan fingerprint density at radius 3 is 2.31 bits per heavy atom. The first-order chi connectivity index (χ1) is 17.2. The second kappa shape index (κ2) is 16.3. The van der Waals surface area contributed by atoms with E-state index < -0.39 is 18.2 Å². The predicted molar refractivity (Wildman–Crippen MR) is 148 cm³/mol. The molecular weight excluding hydrogens is 472 g/mol. The molecular formula is C29H42N2O4S. The average molecular weight is 515 g/mol. The Hall–Kier alpha value is -2.54. The van der Waals surface area contributed by atoms with Crippen LogP contribution < -0.4 is 10.6 Å². The molecule has 7 heteroatoms. The molecule has 3 atom stereocenters. The van der Waals surface area contributed by atoms with E-state index in [1.165, 1.54) is 0 Å². The summed E-state index contributed by atoms with van der Waals surface area (Å²) in [5.41, 5.74) is 0.869. The van der Waals surface area contributed by atoms with Crippen molar-refractivity contribution < 1.29 is 19.1 Å². The lowest BCUT2D eigenvalue weighted by Crippen LogP contribution is -2.52. The summed E-state index contributed by atoms with van der Waals surface area (Å²) in [6.45, 7) is 8.17. The van der Waals surface area contributed by atoms with Crippen molar-refractivity contribution in [1.82, 2.24) is 10.6 Å². The third-order valence-corrected chi connectivity index (χ3v) is 6.90. The number of ether oxygens (including phenoxy) is 1. The fraction of sp³-hybridized carbons (Fsp3) is 0.552. The Bertz CT molecular complexity index is 883. The highest BCUT2D eigenvalue weighted by Crippen LogP contribution is 2.19. The molecule has 0 aliphatic heterocycles. The van der Waals surface area contributed by atoms with E-state index in [2.05, 4.69) is 34.9 Å². The third kappa shape index (κ3) is 11.9. The highest BCUT2D eigenvalue weighted by atomic mass is 32.2. The minimum atomic E-state index is -0.769. The number of hydrogen-bond acceptors (Lipinski definition) is 5. The van der Waals surface area contributed by atoms with E-state index in [-0.39, 0.29) is 30.1 Å². The van der Waals surface area contributed by atoms with Gasteiger partial charge < -0.3 is 15.4 Å². The van der Waals surface area contributed by atoms with Crippen LogP contribution in [0.5, 0.6) is 0 Å². The first kappa shape index (κ1) is 29.7. The Morgan fingerprint density at radius 1 is 0.972 bits per heavy atom. The number of allylic oxidation sites excluding steroid dienone is 4. The molecule has 2 amide bonds. The second-order valence-electron chi connectivity index (χ2n) is 10.2. The minimum Gasteiger partial charge on any atom is -0.445 e. The molecule has 198 valence electrons. The van der Waals surface area contributed by atoms with Crippen molar-refractivity contribution in [2.75, 3.05) is 11.5 Å². The molecule has 0 saturated carbocycles. The first-order valence-corrected chi connectivity index (χ1v) is 14.1. The van der Waals surface area contributed by atoms with Crippen molar-refractivity contribution in [3.8, 4) is 0 Å². The zero-order valence-corrected chi connectivity index (χ0v) is 22.9. The number of Topliss-reactive ketones (excluding diaryl/α,β-unsaturated/α-hetero) is 1. The Labute approximate surface area is 220 Å². The summed E-state index contributed by atoms with van der Waals surface area (Å²) in [5.74, 6) is 1.91. The number of hydrogen-bond donors (Lipinski definition) is 2. The number of carbonyl (C=O) groups excluding carboxylic acids is 3. The number of nitrogens with one attached hydrogen (secondary N) is 2. The molecule has 2 N–H and O–H groups in total. The van der Waals surface area contributed by atoms with Crippen molar-refractivity contribution in [3.05, 3.63) is 60.2 Å². The average Bonchev–Trinajstić information content (AvgIpc) is 2.85. The first-order valence-electron chi connectivity index (χ1n) is 13.0. The lowest BCUT2D eigenvalue weighted by molar-refractivity contribution is -0.128. The van der Waals surface area contributed by atoms with Gasteiger partial charge in [0.05, 0.1) is 11.8 Å². The van der Waals surface area contributed by atoms with E-state index >= 15 is 0 Å². The molecule has 36 heavy (non-hydrogen) atoms. The predicted octanol–water partition coefficient (Wildman–Crippen LogP) is 5.68. The van der Waals surface area contributed by atoms with Crippen molar-refractivity contribution in [2.45, 2.75) is 72.1 Å². The van der Waals surface area contributed by atoms with Crippen LogP contribution in [0.3, 0.4) is 0 Å². The summed E-state index contributed by atoms with van der Waals surface area (Å²) in [6, 6.07) is 8.05. The van der Waals surface area contributed by atoms with Crippen LogP contribution in [0.2, 0.25) is 0 Å². The monoisotopic (exact) mass is 514 g/mol. The highest BCUT2D eigenvalue weighted by Gasteiger charge is 2.28. The van der Waals surface area contributed by atoms with Gasteiger partial charge in [-0.1, -0.05) is 82.3 Å². The SMILES string of the molecule is CC(C)CC(NC(=O)[C@H](CC(C)C)NC(=O)OCc1ccccc1)C(=O)CSCCC1C=CC=CC1. The third-order valence-electron chi connectivity index (χ3n) is 5.89. The molecule has 0 bridgehead atoms. The van der Waals surface area contributed by atoms with Gasteiger partial charge in [-0.15, -0.1) is 0 Å². The van der Waals surface area contributed by atoms with Gasteiger partial charge in [-0.25, -0.2) is 4.79 Å². The van der Waals surface area contributed by atoms with Gasteiger partial charge in [0.15, 0.2) is 5.78 Å². The summed E-state index contributed by atoms with van der Waals surface area (Å²) < 4.78 is 5.31. The Morgan fingerprint density at radius 2 is 1.67 bits per heavy atom. The minimum absolute atomic E-state index is 0.0242. The quantitative estimate of drug-likeness (QED) is 0.294. The summed E-state index contributed by atoms with van der Waals surface area (Å²) in [4.78, 5) is 38.6. The van der Waals surface area contributed by atoms with E-state index in [9.17, 15) is 14.4 Å². The van der Waals surface area contributed by atoms with Crippen molar-refractivity contribution in [1.29, 1.82) is 0 Å². The molecule has 0 aromatic heterocycles. The molecule has 1 aromatic rings. The van der Waals surface area contributed by atoms with Crippen LogP contribution in [-0.2, 0) is 20.9 Å². The molecule has 0 saturated heterocycles. The normalized spacial score (nSPS) is 16.6. The van der Waals surface area contributed by atoms with E-state index in [0.29, 0.717) is 24.5 Å². The fourth-order valence-electron chi connectivity index (χ4n) is 3.98. The maximum absolute atomic E-state index is 13.2. The van der Waals surface area contributed by atoms with E-state index in [1.807, 2.05) is 58.0 Å². The van der Waals surface area contributed by atoms with E-state index in [0.717, 1.165) is 24.2 Å². The molecule has 6 nitrogen and oxygen atoms in total. The van der Waals surface area contributed by atoms with Crippen molar-refractivity contribution in [2.24, 2.45) is 17.8 Å². The van der Waals surface area contributed by atoms with Crippen LogP contribution in [-0.4, -0.2) is 41.4 Å². The van der Waals surface area contributed by atoms with Crippen LogP contribution in [0, 0.1) is 17.8 Å².